The summed E-state index contributed by atoms with van der Waals surface area (Å²) in [5, 5.41) is 1.89. The summed E-state index contributed by atoms with van der Waals surface area (Å²) < 4.78 is 11.4. The summed E-state index contributed by atoms with van der Waals surface area (Å²) in [5.74, 6) is 1.57. The minimum absolute atomic E-state index is 0.000682. The Morgan fingerprint density at radius 2 is 1.53 bits per heavy atom. The molecule has 4 heteroatoms. The van der Waals surface area contributed by atoms with Crippen LogP contribution in [0.2, 0.25) is 0 Å². The van der Waals surface area contributed by atoms with Crippen LogP contribution in [0.5, 0.6) is 11.5 Å². The van der Waals surface area contributed by atoms with Gasteiger partial charge in [-0.1, -0.05) is 55.3 Å². The van der Waals surface area contributed by atoms with Gasteiger partial charge in [-0.05, 0) is 90.3 Å². The maximum Gasteiger partial charge on any atom is 0.194 e. The lowest BCUT2D eigenvalue weighted by atomic mass is 9.89. The highest BCUT2D eigenvalue weighted by atomic mass is 16.5. The number of hydrogen-bond acceptors (Lipinski definition) is 4. The Labute approximate surface area is 213 Å². The van der Waals surface area contributed by atoms with Crippen molar-refractivity contribution < 1.29 is 14.3 Å². The summed E-state index contributed by atoms with van der Waals surface area (Å²) in [6.07, 6.45) is 5.23. The maximum absolute atomic E-state index is 13.9. The third kappa shape index (κ3) is 5.44. The zero-order valence-corrected chi connectivity index (χ0v) is 20.9. The minimum atomic E-state index is 0.000682. The molecule has 0 atom stereocenters. The molecule has 0 N–H and O–H groups in total. The molecule has 36 heavy (non-hydrogen) atoms. The number of carbonyl (C=O) groups excluding carboxylic acids is 1. The second-order valence-corrected chi connectivity index (χ2v) is 9.40. The first-order chi connectivity index (χ1) is 17.7. The Bertz CT molecular complexity index is 1310. The number of rotatable bonds is 8. The van der Waals surface area contributed by atoms with Crippen LogP contribution in [0.25, 0.3) is 21.9 Å². The van der Waals surface area contributed by atoms with Crippen molar-refractivity contribution in [2.75, 3.05) is 33.4 Å². The largest absolute Gasteiger partial charge is 0.497 e. The van der Waals surface area contributed by atoms with E-state index in [-0.39, 0.29) is 5.78 Å². The minimum Gasteiger partial charge on any atom is -0.497 e. The van der Waals surface area contributed by atoms with E-state index in [1.807, 2.05) is 78.9 Å². The summed E-state index contributed by atoms with van der Waals surface area (Å²) in [6, 6.07) is 27.6. The number of methoxy groups -OCH3 is 1. The molecular formula is C32H33NO3. The monoisotopic (exact) mass is 479 g/mol. The Morgan fingerprint density at radius 3 is 2.25 bits per heavy atom. The molecule has 1 heterocycles. The Morgan fingerprint density at radius 1 is 0.806 bits per heavy atom. The van der Waals surface area contributed by atoms with Crippen molar-refractivity contribution in [3.8, 4) is 22.6 Å². The standard InChI is InChI=1S/C32H33NO3/c1-35-28-16-18-30-26(23-28)13-17-29(24-9-5-4-6-10-24)31(30)32(34)25-11-14-27(15-12-25)36-22-21-33-19-7-2-3-8-20-33/h4-6,9-18,23H,2-3,7-8,19-22H2,1H3. The molecule has 1 saturated heterocycles. The van der Waals surface area contributed by atoms with Crippen LogP contribution in [0.15, 0.2) is 84.9 Å². The van der Waals surface area contributed by atoms with E-state index < -0.39 is 0 Å². The van der Waals surface area contributed by atoms with Crippen molar-refractivity contribution in [3.63, 3.8) is 0 Å². The van der Waals surface area contributed by atoms with Crippen molar-refractivity contribution >= 4 is 16.6 Å². The van der Waals surface area contributed by atoms with Gasteiger partial charge in [0.2, 0.25) is 0 Å². The highest BCUT2D eigenvalue weighted by Crippen LogP contribution is 2.34. The molecule has 1 fully saturated rings. The van der Waals surface area contributed by atoms with Crippen molar-refractivity contribution in [2.24, 2.45) is 0 Å². The summed E-state index contributed by atoms with van der Waals surface area (Å²) >= 11 is 0. The molecule has 0 amide bonds. The second kappa shape index (κ2) is 11.4. The number of carbonyl (C=O) groups is 1. The summed E-state index contributed by atoms with van der Waals surface area (Å²) in [4.78, 5) is 16.4. The number of ketones is 1. The van der Waals surface area contributed by atoms with Crippen molar-refractivity contribution in [1.29, 1.82) is 0 Å². The van der Waals surface area contributed by atoms with Crippen LogP contribution in [0.3, 0.4) is 0 Å². The van der Waals surface area contributed by atoms with Gasteiger partial charge < -0.3 is 9.47 Å². The lowest BCUT2D eigenvalue weighted by molar-refractivity contribution is 0.104. The van der Waals surface area contributed by atoms with Crippen molar-refractivity contribution in [2.45, 2.75) is 25.7 Å². The van der Waals surface area contributed by atoms with Crippen molar-refractivity contribution in [1.82, 2.24) is 4.90 Å². The fraction of sp³-hybridized carbons (Fsp3) is 0.281. The number of hydrogen-bond donors (Lipinski definition) is 0. The summed E-state index contributed by atoms with van der Waals surface area (Å²) in [5.41, 5.74) is 3.30. The molecule has 4 aromatic rings. The van der Waals surface area contributed by atoms with Gasteiger partial charge in [0.1, 0.15) is 18.1 Å². The molecule has 5 rings (SSSR count). The first-order valence-corrected chi connectivity index (χ1v) is 12.9. The Hall–Kier alpha value is -3.63. The molecule has 0 aliphatic carbocycles. The van der Waals surface area contributed by atoms with E-state index in [0.29, 0.717) is 17.7 Å². The fourth-order valence-electron chi connectivity index (χ4n) is 5.04. The number of likely N-dealkylation sites (tertiary alicyclic amines) is 1. The van der Waals surface area contributed by atoms with Crippen LogP contribution in [0.4, 0.5) is 0 Å². The van der Waals surface area contributed by atoms with Crippen LogP contribution in [-0.2, 0) is 0 Å². The molecule has 184 valence electrons. The van der Waals surface area contributed by atoms with Gasteiger partial charge in [0, 0.05) is 17.7 Å². The Balaban J connectivity index is 1.39. The van der Waals surface area contributed by atoms with Gasteiger partial charge in [-0.25, -0.2) is 0 Å². The average Bonchev–Trinajstić information content (AvgIpc) is 3.21. The van der Waals surface area contributed by atoms with E-state index in [0.717, 1.165) is 53.0 Å². The van der Waals surface area contributed by atoms with Crippen LogP contribution in [0.1, 0.15) is 41.6 Å². The highest BCUT2D eigenvalue weighted by Gasteiger charge is 2.19. The SMILES string of the molecule is COc1ccc2c(C(=O)c3ccc(OCCN4CCCCCC4)cc3)c(-c3ccccc3)ccc2c1. The molecular weight excluding hydrogens is 446 g/mol. The van der Waals surface area contributed by atoms with Gasteiger partial charge in [0.05, 0.1) is 7.11 Å². The first kappa shape index (κ1) is 24.1. The molecule has 0 spiro atoms. The van der Waals surface area contributed by atoms with Gasteiger partial charge in [0.25, 0.3) is 0 Å². The van der Waals surface area contributed by atoms with Crippen LogP contribution in [0, 0.1) is 0 Å². The third-order valence-electron chi connectivity index (χ3n) is 7.03. The van der Waals surface area contributed by atoms with Crippen molar-refractivity contribution in [3.05, 3.63) is 96.1 Å². The van der Waals surface area contributed by atoms with E-state index in [4.69, 9.17) is 9.47 Å². The van der Waals surface area contributed by atoms with Gasteiger partial charge in [-0.15, -0.1) is 0 Å². The van der Waals surface area contributed by atoms with Gasteiger partial charge in [-0.2, -0.15) is 0 Å². The van der Waals surface area contributed by atoms with Crippen LogP contribution >= 0.6 is 0 Å². The molecule has 1 aliphatic rings. The Kier molecular flexibility index (Phi) is 7.63. The maximum atomic E-state index is 13.9. The van der Waals surface area contributed by atoms with E-state index in [9.17, 15) is 4.79 Å². The normalized spacial score (nSPS) is 14.4. The fourth-order valence-corrected chi connectivity index (χ4v) is 5.04. The summed E-state index contributed by atoms with van der Waals surface area (Å²) in [7, 11) is 1.66. The smallest absolute Gasteiger partial charge is 0.194 e. The van der Waals surface area contributed by atoms with Crippen LogP contribution < -0.4 is 9.47 Å². The number of ether oxygens (including phenoxy) is 2. The quantitative estimate of drug-likeness (QED) is 0.255. The average molecular weight is 480 g/mol. The molecule has 1 aliphatic heterocycles. The van der Waals surface area contributed by atoms with E-state index in [2.05, 4.69) is 11.0 Å². The lowest BCUT2D eigenvalue weighted by Crippen LogP contribution is -2.29. The highest BCUT2D eigenvalue weighted by molar-refractivity contribution is 6.20. The third-order valence-corrected chi connectivity index (χ3v) is 7.03. The van der Waals surface area contributed by atoms with Gasteiger partial charge in [0.15, 0.2) is 5.78 Å². The number of benzene rings is 4. The van der Waals surface area contributed by atoms with Gasteiger partial charge in [-0.3, -0.25) is 9.69 Å². The molecule has 0 bridgehead atoms. The second-order valence-electron chi connectivity index (χ2n) is 9.40. The zero-order chi connectivity index (χ0) is 24.7. The molecule has 0 saturated carbocycles. The molecule has 4 aromatic carbocycles. The molecule has 0 unspecified atom stereocenters. The molecule has 0 radical (unpaired) electrons. The first-order valence-electron chi connectivity index (χ1n) is 12.9. The molecule has 4 nitrogen and oxygen atoms in total. The number of nitrogens with zero attached hydrogens (tertiary/aromatic N) is 1. The van der Waals surface area contributed by atoms with E-state index in [1.165, 1.54) is 25.7 Å². The lowest BCUT2D eigenvalue weighted by Gasteiger charge is -2.19. The van der Waals surface area contributed by atoms with Crippen LogP contribution in [-0.4, -0.2) is 44.0 Å². The zero-order valence-electron chi connectivity index (χ0n) is 20.9. The predicted octanol–water partition coefficient (Wildman–Crippen LogP) is 7.00. The predicted molar refractivity (Wildman–Crippen MR) is 146 cm³/mol. The summed E-state index contributed by atoms with van der Waals surface area (Å²) in [6.45, 7) is 3.94. The number of fused-ring (bicyclic) bond motifs is 1. The van der Waals surface area contributed by atoms with E-state index >= 15 is 0 Å². The topological polar surface area (TPSA) is 38.8 Å². The van der Waals surface area contributed by atoms with E-state index in [1.54, 1.807) is 7.11 Å². The molecule has 0 aromatic heterocycles. The van der Waals surface area contributed by atoms with Gasteiger partial charge >= 0.3 is 0 Å².